The Hall–Kier alpha value is -3.72. The minimum absolute atomic E-state index is 0.0146. The van der Waals surface area contributed by atoms with Crippen LogP contribution in [-0.4, -0.2) is 50.3 Å². The SMILES string of the molecule is CCOC(=O)C(Cc1cc(COCc2ccccc2)cc(CC(C(=O)OCC)C(=O)OCC)c1)C(=O)OCC. The number of benzene rings is 2. The number of hydrogen-bond donors (Lipinski definition) is 0. The van der Waals surface area contributed by atoms with Gasteiger partial charge in [-0.2, -0.15) is 0 Å². The minimum atomic E-state index is -1.16. The first-order valence-electron chi connectivity index (χ1n) is 13.2. The van der Waals surface area contributed by atoms with E-state index in [1.807, 2.05) is 42.5 Å². The Morgan fingerprint density at radius 1 is 0.538 bits per heavy atom. The lowest BCUT2D eigenvalue weighted by Crippen LogP contribution is -2.31. The smallest absolute Gasteiger partial charge is 0.320 e. The molecular formula is C30H38O9. The van der Waals surface area contributed by atoms with E-state index in [9.17, 15) is 19.2 Å². The van der Waals surface area contributed by atoms with Crippen LogP contribution in [0.25, 0.3) is 0 Å². The van der Waals surface area contributed by atoms with Crippen LogP contribution in [0, 0.1) is 11.8 Å². The highest BCUT2D eigenvalue weighted by Gasteiger charge is 2.32. The minimum Gasteiger partial charge on any atom is -0.465 e. The Kier molecular flexibility index (Phi) is 13.7. The van der Waals surface area contributed by atoms with Gasteiger partial charge in [0, 0.05) is 0 Å². The van der Waals surface area contributed by atoms with Crippen molar-refractivity contribution in [3.8, 4) is 0 Å². The number of esters is 4. The number of rotatable bonds is 16. The van der Waals surface area contributed by atoms with Crippen LogP contribution < -0.4 is 0 Å². The van der Waals surface area contributed by atoms with Crippen molar-refractivity contribution in [3.05, 3.63) is 70.8 Å². The van der Waals surface area contributed by atoms with Crippen LogP contribution in [0.1, 0.15) is 49.9 Å². The van der Waals surface area contributed by atoms with Crippen molar-refractivity contribution in [2.75, 3.05) is 26.4 Å². The molecule has 0 heterocycles. The topological polar surface area (TPSA) is 114 Å². The molecule has 0 aliphatic heterocycles. The van der Waals surface area contributed by atoms with E-state index in [4.69, 9.17) is 23.7 Å². The van der Waals surface area contributed by atoms with Gasteiger partial charge in [0.25, 0.3) is 0 Å². The van der Waals surface area contributed by atoms with E-state index < -0.39 is 35.7 Å². The number of carbonyl (C=O) groups is 4. The summed E-state index contributed by atoms with van der Waals surface area (Å²) < 4.78 is 26.4. The normalized spacial score (nSPS) is 10.8. The van der Waals surface area contributed by atoms with E-state index in [0.717, 1.165) is 11.1 Å². The predicted octanol–water partition coefficient (Wildman–Crippen LogP) is 3.97. The van der Waals surface area contributed by atoms with Crippen LogP contribution in [0.15, 0.2) is 48.5 Å². The third-order valence-electron chi connectivity index (χ3n) is 5.66. The second kappa shape index (κ2) is 17.0. The third kappa shape index (κ3) is 10.5. The number of hydrogen-bond acceptors (Lipinski definition) is 9. The highest BCUT2D eigenvalue weighted by atomic mass is 16.6. The van der Waals surface area contributed by atoms with Crippen LogP contribution in [0.4, 0.5) is 0 Å². The molecule has 0 unspecified atom stereocenters. The van der Waals surface area contributed by atoms with Gasteiger partial charge < -0.3 is 23.7 Å². The molecule has 0 atom stereocenters. The Balaban J connectivity index is 2.39. The van der Waals surface area contributed by atoms with Crippen molar-refractivity contribution in [3.63, 3.8) is 0 Å². The van der Waals surface area contributed by atoms with Gasteiger partial charge in [0.1, 0.15) is 0 Å². The summed E-state index contributed by atoms with van der Waals surface area (Å²) in [7, 11) is 0. The van der Waals surface area contributed by atoms with Gasteiger partial charge in [-0.05, 0) is 62.8 Å². The van der Waals surface area contributed by atoms with Crippen molar-refractivity contribution < 1.29 is 42.9 Å². The summed E-state index contributed by atoms with van der Waals surface area (Å²) in [6.07, 6.45) is 0.0291. The monoisotopic (exact) mass is 542 g/mol. The summed E-state index contributed by atoms with van der Waals surface area (Å²) in [5.41, 5.74) is 3.01. The molecule has 0 bridgehead atoms. The fourth-order valence-corrected chi connectivity index (χ4v) is 3.99. The molecule has 212 valence electrons. The van der Waals surface area contributed by atoms with Crippen molar-refractivity contribution in [1.82, 2.24) is 0 Å². The van der Waals surface area contributed by atoms with Crippen molar-refractivity contribution in [1.29, 1.82) is 0 Å². The van der Waals surface area contributed by atoms with Crippen molar-refractivity contribution in [2.24, 2.45) is 11.8 Å². The molecule has 0 spiro atoms. The molecule has 0 amide bonds. The first-order valence-corrected chi connectivity index (χ1v) is 13.2. The summed E-state index contributed by atoms with van der Waals surface area (Å²) in [6, 6.07) is 15.1. The summed E-state index contributed by atoms with van der Waals surface area (Å²) in [4.78, 5) is 50.4. The zero-order chi connectivity index (χ0) is 28.6. The zero-order valence-corrected chi connectivity index (χ0v) is 23.1. The first kappa shape index (κ1) is 31.5. The molecule has 9 nitrogen and oxygen atoms in total. The highest BCUT2D eigenvalue weighted by molar-refractivity contribution is 5.96. The summed E-state index contributed by atoms with van der Waals surface area (Å²) in [5.74, 6) is -5.05. The lowest BCUT2D eigenvalue weighted by Gasteiger charge is -2.18. The molecule has 2 rings (SSSR count). The van der Waals surface area contributed by atoms with Gasteiger partial charge in [0.15, 0.2) is 11.8 Å². The standard InChI is InChI=1S/C30H38O9/c1-5-36-27(31)25(28(32)37-6-2)17-22-14-23(18-26(29(33)38-7-3)30(34)39-8-4)16-24(15-22)20-35-19-21-12-10-9-11-13-21/h9-16,25-26H,5-8,17-20H2,1-4H3. The Morgan fingerprint density at radius 2 is 0.897 bits per heavy atom. The van der Waals surface area contributed by atoms with Gasteiger partial charge >= 0.3 is 23.9 Å². The van der Waals surface area contributed by atoms with Crippen LogP contribution in [0.3, 0.4) is 0 Å². The van der Waals surface area contributed by atoms with E-state index in [0.29, 0.717) is 17.7 Å². The Labute approximate surface area is 229 Å². The molecule has 0 aromatic heterocycles. The number of carbonyl (C=O) groups excluding carboxylic acids is 4. The first-order chi connectivity index (χ1) is 18.8. The average Bonchev–Trinajstić information content (AvgIpc) is 2.91. The molecule has 0 aliphatic rings. The molecule has 0 saturated heterocycles. The second-order valence-electron chi connectivity index (χ2n) is 8.66. The molecule has 39 heavy (non-hydrogen) atoms. The number of ether oxygens (including phenoxy) is 5. The Bertz CT molecular complexity index is 985. The maximum Gasteiger partial charge on any atom is 0.320 e. The summed E-state index contributed by atoms with van der Waals surface area (Å²) in [5, 5.41) is 0. The van der Waals surface area contributed by atoms with Crippen molar-refractivity contribution in [2.45, 2.75) is 53.8 Å². The van der Waals surface area contributed by atoms with Gasteiger partial charge in [-0.25, -0.2) is 0 Å². The fourth-order valence-electron chi connectivity index (χ4n) is 3.99. The van der Waals surface area contributed by atoms with Crippen LogP contribution in [-0.2, 0) is 68.9 Å². The van der Waals surface area contributed by atoms with E-state index in [1.165, 1.54) is 0 Å². The third-order valence-corrected chi connectivity index (χ3v) is 5.66. The lowest BCUT2D eigenvalue weighted by molar-refractivity contribution is -0.163. The van der Waals surface area contributed by atoms with Crippen LogP contribution >= 0.6 is 0 Å². The fraction of sp³-hybridized carbons (Fsp3) is 0.467. The van der Waals surface area contributed by atoms with E-state index in [-0.39, 0.29) is 45.9 Å². The molecule has 0 N–H and O–H groups in total. The maximum atomic E-state index is 12.6. The van der Waals surface area contributed by atoms with Crippen LogP contribution in [0.5, 0.6) is 0 Å². The van der Waals surface area contributed by atoms with Gasteiger partial charge in [0.05, 0.1) is 39.6 Å². The van der Waals surface area contributed by atoms with Gasteiger partial charge in [-0.1, -0.05) is 48.5 Å². The molecule has 0 radical (unpaired) electrons. The van der Waals surface area contributed by atoms with Crippen LogP contribution in [0.2, 0.25) is 0 Å². The molecule has 0 aliphatic carbocycles. The van der Waals surface area contributed by atoms with Gasteiger partial charge in [-0.15, -0.1) is 0 Å². The van der Waals surface area contributed by atoms with Gasteiger partial charge in [0.2, 0.25) is 0 Å². The van der Waals surface area contributed by atoms with E-state index in [2.05, 4.69) is 0 Å². The largest absolute Gasteiger partial charge is 0.465 e. The van der Waals surface area contributed by atoms with E-state index >= 15 is 0 Å². The van der Waals surface area contributed by atoms with E-state index in [1.54, 1.807) is 33.8 Å². The molecule has 2 aromatic carbocycles. The Morgan fingerprint density at radius 3 is 1.28 bits per heavy atom. The lowest BCUT2D eigenvalue weighted by atomic mass is 9.92. The van der Waals surface area contributed by atoms with Gasteiger partial charge in [-0.3, -0.25) is 19.2 Å². The summed E-state index contributed by atoms with van der Waals surface area (Å²) >= 11 is 0. The summed E-state index contributed by atoms with van der Waals surface area (Å²) in [6.45, 7) is 7.72. The molecular weight excluding hydrogens is 504 g/mol. The average molecular weight is 543 g/mol. The maximum absolute atomic E-state index is 12.6. The predicted molar refractivity (Wildman–Crippen MR) is 142 cm³/mol. The molecule has 0 fully saturated rings. The molecule has 9 heteroatoms. The molecule has 2 aromatic rings. The zero-order valence-electron chi connectivity index (χ0n) is 23.1. The quantitative estimate of drug-likeness (QED) is 0.177. The molecule has 0 saturated carbocycles. The van der Waals surface area contributed by atoms with Crippen molar-refractivity contribution >= 4 is 23.9 Å². The second-order valence-corrected chi connectivity index (χ2v) is 8.66. The highest BCUT2D eigenvalue weighted by Crippen LogP contribution is 2.21.